The minimum absolute atomic E-state index is 0.0551. The van der Waals surface area contributed by atoms with Gasteiger partial charge in [-0.25, -0.2) is 0 Å². The topological polar surface area (TPSA) is 46.2 Å². The van der Waals surface area contributed by atoms with E-state index >= 15 is 0 Å². The first kappa shape index (κ1) is 15.2. The molecule has 3 fully saturated rings. The Morgan fingerprint density at radius 2 is 1.16 bits per heavy atom. The maximum atomic E-state index is 5.92. The lowest BCUT2D eigenvalue weighted by Crippen LogP contribution is -2.53. The summed E-state index contributed by atoms with van der Waals surface area (Å²) in [4.78, 5) is 0. The van der Waals surface area contributed by atoms with Gasteiger partial charge in [0.05, 0.1) is 6.10 Å². The molecule has 112 valence electrons. The maximum absolute atomic E-state index is 5.92. The smallest absolute Gasteiger partial charge is 0.190 e. The summed E-state index contributed by atoms with van der Waals surface area (Å²) < 4.78 is 29.2. The molecule has 0 aliphatic carbocycles. The van der Waals surface area contributed by atoms with E-state index in [9.17, 15) is 0 Å². The first-order valence-electron chi connectivity index (χ1n) is 7.14. The average Bonchev–Trinajstić information content (AvgIpc) is 2.77. The molecular weight excluding hydrogens is 248 g/mol. The van der Waals surface area contributed by atoms with Crippen LogP contribution in [0.15, 0.2) is 0 Å². The third-order valence-corrected chi connectivity index (χ3v) is 3.39. The average molecular weight is 274 g/mol. The summed E-state index contributed by atoms with van der Waals surface area (Å²) in [6.45, 7) is 13.6. The Kier molecular flexibility index (Phi) is 3.97. The molecule has 5 unspecified atom stereocenters. The molecule has 0 saturated carbocycles. The standard InChI is InChI=1S/C12H20O5.C2H6/c1-6-7-8(15-11(2,3)14-7)9-10(13-6)17-12(4,5)16-9;1-2/h6-10H,1-5H3;1-2H3. The number of fused-ring (bicyclic) bond motifs is 3. The molecule has 0 radical (unpaired) electrons. The zero-order valence-electron chi connectivity index (χ0n) is 12.9. The normalized spacial score (nSPS) is 45.9. The van der Waals surface area contributed by atoms with Crippen molar-refractivity contribution in [2.24, 2.45) is 0 Å². The van der Waals surface area contributed by atoms with Crippen molar-refractivity contribution in [1.82, 2.24) is 0 Å². The van der Waals surface area contributed by atoms with Crippen molar-refractivity contribution in [1.29, 1.82) is 0 Å². The molecule has 5 atom stereocenters. The zero-order chi connectivity index (χ0) is 14.4. The molecule has 0 spiro atoms. The molecule has 5 heteroatoms. The summed E-state index contributed by atoms with van der Waals surface area (Å²) >= 11 is 0. The lowest BCUT2D eigenvalue weighted by Gasteiger charge is -2.35. The second-order valence-corrected chi connectivity index (χ2v) is 5.87. The Morgan fingerprint density at radius 1 is 0.684 bits per heavy atom. The molecule has 0 aromatic heterocycles. The summed E-state index contributed by atoms with van der Waals surface area (Å²) in [7, 11) is 0. The van der Waals surface area contributed by atoms with Gasteiger partial charge in [-0.05, 0) is 34.6 Å². The minimum atomic E-state index is -0.625. The van der Waals surface area contributed by atoms with Crippen LogP contribution in [0.5, 0.6) is 0 Å². The lowest BCUT2D eigenvalue weighted by atomic mass is 10.0. The lowest BCUT2D eigenvalue weighted by molar-refractivity contribution is -0.229. The summed E-state index contributed by atoms with van der Waals surface area (Å²) in [6.07, 6.45) is -0.850. The van der Waals surface area contributed by atoms with Crippen molar-refractivity contribution in [3.63, 3.8) is 0 Å². The molecule has 0 aromatic carbocycles. The van der Waals surface area contributed by atoms with Gasteiger partial charge in [0.1, 0.15) is 18.3 Å². The van der Waals surface area contributed by atoms with E-state index in [0.29, 0.717) is 0 Å². The van der Waals surface area contributed by atoms with Gasteiger partial charge in [0.2, 0.25) is 0 Å². The molecule has 0 aromatic rings. The first-order valence-corrected chi connectivity index (χ1v) is 7.14. The second kappa shape index (κ2) is 4.97. The van der Waals surface area contributed by atoms with Crippen LogP contribution in [0.25, 0.3) is 0 Å². The highest BCUT2D eigenvalue weighted by molar-refractivity contribution is 4.98. The Bertz CT molecular complexity index is 328. The number of ether oxygens (including phenoxy) is 5. The fourth-order valence-corrected chi connectivity index (χ4v) is 2.81. The monoisotopic (exact) mass is 274 g/mol. The molecule has 3 aliphatic heterocycles. The van der Waals surface area contributed by atoms with E-state index in [1.54, 1.807) is 0 Å². The van der Waals surface area contributed by atoms with Crippen molar-refractivity contribution in [2.75, 3.05) is 0 Å². The number of rotatable bonds is 0. The highest BCUT2D eigenvalue weighted by Gasteiger charge is 2.59. The van der Waals surface area contributed by atoms with Crippen molar-refractivity contribution < 1.29 is 23.7 Å². The number of hydrogen-bond donors (Lipinski definition) is 0. The molecule has 5 nitrogen and oxygen atoms in total. The Morgan fingerprint density at radius 3 is 1.79 bits per heavy atom. The van der Waals surface area contributed by atoms with Gasteiger partial charge in [-0.15, -0.1) is 0 Å². The third kappa shape index (κ3) is 2.81. The van der Waals surface area contributed by atoms with Crippen LogP contribution >= 0.6 is 0 Å². The maximum Gasteiger partial charge on any atom is 0.190 e. The Balaban J connectivity index is 0.000000637. The van der Waals surface area contributed by atoms with E-state index < -0.39 is 11.6 Å². The van der Waals surface area contributed by atoms with Crippen LogP contribution < -0.4 is 0 Å². The highest BCUT2D eigenvalue weighted by Crippen LogP contribution is 2.43. The predicted molar refractivity (Wildman–Crippen MR) is 69.5 cm³/mol. The van der Waals surface area contributed by atoms with Gasteiger partial charge in [0.15, 0.2) is 17.9 Å². The van der Waals surface area contributed by atoms with Gasteiger partial charge in [-0.2, -0.15) is 0 Å². The Hall–Kier alpha value is -0.200. The van der Waals surface area contributed by atoms with Crippen LogP contribution in [-0.4, -0.2) is 42.3 Å². The fourth-order valence-electron chi connectivity index (χ4n) is 2.81. The SMILES string of the molecule is CC.CC1OC2OC(C)(C)OC2C2OC(C)(C)OC12. The van der Waals surface area contributed by atoms with E-state index in [1.165, 1.54) is 0 Å². The van der Waals surface area contributed by atoms with Crippen molar-refractivity contribution in [2.45, 2.75) is 90.7 Å². The highest BCUT2D eigenvalue weighted by atomic mass is 16.9. The first-order chi connectivity index (χ1) is 8.77. The summed E-state index contributed by atoms with van der Waals surface area (Å²) in [5, 5.41) is 0. The molecule has 3 heterocycles. The summed E-state index contributed by atoms with van der Waals surface area (Å²) in [5.74, 6) is -1.21. The van der Waals surface area contributed by atoms with Gasteiger partial charge < -0.3 is 23.7 Å². The van der Waals surface area contributed by atoms with E-state index in [1.807, 2.05) is 48.5 Å². The van der Waals surface area contributed by atoms with Gasteiger partial charge in [-0.3, -0.25) is 0 Å². The molecule has 3 saturated heterocycles. The molecule has 19 heavy (non-hydrogen) atoms. The number of hydrogen-bond acceptors (Lipinski definition) is 5. The molecule has 0 amide bonds. The molecule has 3 aliphatic rings. The van der Waals surface area contributed by atoms with Gasteiger partial charge >= 0.3 is 0 Å². The quantitative estimate of drug-likeness (QED) is 0.679. The van der Waals surface area contributed by atoms with Crippen LogP contribution in [0.2, 0.25) is 0 Å². The van der Waals surface area contributed by atoms with E-state index in [-0.39, 0.29) is 30.7 Å². The summed E-state index contributed by atoms with van der Waals surface area (Å²) in [6, 6.07) is 0. The van der Waals surface area contributed by atoms with Crippen molar-refractivity contribution in [3.05, 3.63) is 0 Å². The van der Waals surface area contributed by atoms with E-state index in [0.717, 1.165) is 0 Å². The minimum Gasteiger partial charge on any atom is -0.344 e. The van der Waals surface area contributed by atoms with Crippen molar-refractivity contribution >= 4 is 0 Å². The zero-order valence-corrected chi connectivity index (χ0v) is 12.9. The van der Waals surface area contributed by atoms with Crippen LogP contribution in [0.3, 0.4) is 0 Å². The molecule has 3 rings (SSSR count). The van der Waals surface area contributed by atoms with Gasteiger partial charge in [0.25, 0.3) is 0 Å². The summed E-state index contributed by atoms with van der Waals surface area (Å²) in [5.41, 5.74) is 0. The van der Waals surface area contributed by atoms with Gasteiger partial charge in [-0.1, -0.05) is 13.8 Å². The fraction of sp³-hybridized carbons (Fsp3) is 1.00. The molecular formula is C14H26O5. The van der Waals surface area contributed by atoms with Crippen LogP contribution in [0.1, 0.15) is 48.5 Å². The molecule has 0 N–H and O–H groups in total. The van der Waals surface area contributed by atoms with E-state index in [4.69, 9.17) is 23.7 Å². The van der Waals surface area contributed by atoms with Crippen LogP contribution in [-0.2, 0) is 23.7 Å². The largest absolute Gasteiger partial charge is 0.344 e. The van der Waals surface area contributed by atoms with E-state index in [2.05, 4.69) is 0 Å². The van der Waals surface area contributed by atoms with Gasteiger partial charge in [0, 0.05) is 0 Å². The predicted octanol–water partition coefficient (Wildman–Crippen LogP) is 2.43. The third-order valence-electron chi connectivity index (χ3n) is 3.39. The Labute approximate surface area is 115 Å². The second-order valence-electron chi connectivity index (χ2n) is 5.87. The van der Waals surface area contributed by atoms with Crippen molar-refractivity contribution in [3.8, 4) is 0 Å². The van der Waals surface area contributed by atoms with Crippen LogP contribution in [0, 0.1) is 0 Å². The van der Waals surface area contributed by atoms with Crippen LogP contribution in [0.4, 0.5) is 0 Å². The molecule has 0 bridgehead atoms.